The second-order valence-corrected chi connectivity index (χ2v) is 8.99. The van der Waals surface area contributed by atoms with Crippen LogP contribution in [0.3, 0.4) is 0 Å². The fourth-order valence-electron chi connectivity index (χ4n) is 4.81. The number of benzene rings is 3. The van der Waals surface area contributed by atoms with Crippen LogP contribution in [0.25, 0.3) is 0 Å². The Kier molecular flexibility index (Phi) is 7.24. The summed E-state index contributed by atoms with van der Waals surface area (Å²) in [5, 5.41) is 28.2. The van der Waals surface area contributed by atoms with Crippen LogP contribution in [0.5, 0.6) is 0 Å². The van der Waals surface area contributed by atoms with Gasteiger partial charge in [0.25, 0.3) is 0 Å². The molecule has 9 N–H and O–H groups in total. The van der Waals surface area contributed by atoms with Gasteiger partial charge in [-0.15, -0.1) is 0 Å². The monoisotopic (exact) mass is 447 g/mol. The molecule has 3 aromatic carbocycles. The molecule has 6 atom stereocenters. The molecular weight excluding hydrogens is 414 g/mol. The van der Waals surface area contributed by atoms with E-state index in [4.69, 9.17) is 17.2 Å². The Bertz CT molecular complexity index is 953. The van der Waals surface area contributed by atoms with Gasteiger partial charge >= 0.3 is 0 Å². The predicted octanol–water partition coefficient (Wildman–Crippen LogP) is 1.81. The van der Waals surface area contributed by atoms with E-state index >= 15 is 0 Å². The summed E-state index contributed by atoms with van der Waals surface area (Å²) >= 11 is 0. The summed E-state index contributed by atoms with van der Waals surface area (Å²) in [4.78, 5) is 0. The third-order valence-corrected chi connectivity index (χ3v) is 6.77. The Labute approximate surface area is 194 Å². The Morgan fingerprint density at radius 2 is 0.697 bits per heavy atom. The van der Waals surface area contributed by atoms with Gasteiger partial charge in [0.2, 0.25) is 0 Å². The molecule has 6 heteroatoms. The van der Waals surface area contributed by atoms with Crippen molar-refractivity contribution in [3.63, 3.8) is 0 Å². The van der Waals surface area contributed by atoms with Gasteiger partial charge in [0.15, 0.2) is 0 Å². The van der Waals surface area contributed by atoms with Gasteiger partial charge in [-0.25, -0.2) is 0 Å². The van der Waals surface area contributed by atoms with Crippen molar-refractivity contribution in [2.24, 2.45) is 17.2 Å². The lowest BCUT2D eigenvalue weighted by atomic mass is 10.1. The van der Waals surface area contributed by atoms with Crippen LogP contribution in [0.2, 0.25) is 0 Å². The molecule has 6 nitrogen and oxygen atoms in total. The van der Waals surface area contributed by atoms with Crippen molar-refractivity contribution in [1.29, 1.82) is 0 Å². The maximum absolute atomic E-state index is 9.39. The summed E-state index contributed by atoms with van der Waals surface area (Å²) in [5.41, 5.74) is 24.1. The number of hydrogen-bond acceptors (Lipinski definition) is 6. The second kappa shape index (κ2) is 10.1. The van der Waals surface area contributed by atoms with E-state index in [2.05, 4.69) is 0 Å². The van der Waals surface area contributed by atoms with Gasteiger partial charge < -0.3 is 32.5 Å². The summed E-state index contributed by atoms with van der Waals surface area (Å²) in [6.45, 7) is 0. The lowest BCUT2D eigenvalue weighted by molar-refractivity contribution is 0.158. The highest BCUT2D eigenvalue weighted by atomic mass is 16.3. The van der Waals surface area contributed by atoms with E-state index in [1.54, 1.807) is 0 Å². The van der Waals surface area contributed by atoms with Crippen LogP contribution < -0.4 is 17.2 Å². The van der Waals surface area contributed by atoms with E-state index in [1.807, 2.05) is 72.8 Å². The Hall–Kier alpha value is -2.58. The molecule has 0 radical (unpaired) electrons. The molecule has 3 aliphatic carbocycles. The molecule has 174 valence electrons. The topological polar surface area (TPSA) is 139 Å². The van der Waals surface area contributed by atoms with Gasteiger partial charge in [-0.2, -0.15) is 0 Å². The molecule has 0 saturated heterocycles. The van der Waals surface area contributed by atoms with Crippen molar-refractivity contribution in [3.8, 4) is 0 Å². The van der Waals surface area contributed by atoms with Crippen LogP contribution in [-0.4, -0.2) is 33.6 Å². The lowest BCUT2D eigenvalue weighted by Gasteiger charge is -2.07. The normalized spacial score (nSPS) is 28.5. The summed E-state index contributed by atoms with van der Waals surface area (Å²) < 4.78 is 0. The molecule has 0 aromatic heterocycles. The third-order valence-electron chi connectivity index (χ3n) is 6.77. The predicted molar refractivity (Wildman–Crippen MR) is 129 cm³/mol. The molecule has 0 aliphatic heterocycles. The number of nitrogens with two attached hydrogens (primary N) is 3. The molecule has 0 bridgehead atoms. The Morgan fingerprint density at radius 1 is 0.455 bits per heavy atom. The number of rotatable bonds is 0. The molecule has 0 spiro atoms. The van der Waals surface area contributed by atoms with Crippen molar-refractivity contribution in [3.05, 3.63) is 106 Å². The van der Waals surface area contributed by atoms with Crippen molar-refractivity contribution >= 4 is 0 Å². The second-order valence-electron chi connectivity index (χ2n) is 8.99. The first-order valence-electron chi connectivity index (χ1n) is 11.4. The van der Waals surface area contributed by atoms with Crippen molar-refractivity contribution in [2.45, 2.75) is 55.7 Å². The fourth-order valence-corrected chi connectivity index (χ4v) is 4.81. The highest BCUT2D eigenvalue weighted by molar-refractivity contribution is 5.37. The SMILES string of the molecule is N[C@@H]1c2ccccc2C[C@@H]1O.N[C@@H]1c2ccccc2C[C@@H]1O.N[C@H]1c2ccccc2C[C@H]1O. The minimum atomic E-state index is -0.382. The largest absolute Gasteiger partial charge is 0.391 e. The lowest BCUT2D eigenvalue weighted by Crippen LogP contribution is -2.21. The van der Waals surface area contributed by atoms with Crippen LogP contribution in [0.4, 0.5) is 0 Å². The number of fused-ring (bicyclic) bond motifs is 3. The van der Waals surface area contributed by atoms with Crippen molar-refractivity contribution in [1.82, 2.24) is 0 Å². The number of aliphatic hydroxyl groups is 3. The summed E-state index contributed by atoms with van der Waals surface area (Å²) in [6.07, 6.45) is 0.971. The van der Waals surface area contributed by atoms with Gasteiger partial charge in [-0.1, -0.05) is 72.8 Å². The van der Waals surface area contributed by atoms with Gasteiger partial charge in [0, 0.05) is 19.3 Å². The number of hydrogen-bond donors (Lipinski definition) is 6. The highest BCUT2D eigenvalue weighted by Gasteiger charge is 2.28. The Morgan fingerprint density at radius 3 is 0.939 bits per heavy atom. The van der Waals surface area contributed by atoms with Crippen LogP contribution in [0.1, 0.15) is 51.5 Å². The first-order valence-corrected chi connectivity index (χ1v) is 11.4. The smallest absolute Gasteiger partial charge is 0.0773 e. The third kappa shape index (κ3) is 5.01. The molecule has 0 amide bonds. The maximum Gasteiger partial charge on any atom is 0.0773 e. The zero-order valence-corrected chi connectivity index (χ0v) is 18.6. The molecule has 3 aliphatic rings. The summed E-state index contributed by atoms with van der Waals surface area (Å²) in [6, 6.07) is 23.3. The van der Waals surface area contributed by atoms with E-state index in [9.17, 15) is 15.3 Å². The van der Waals surface area contributed by atoms with Gasteiger partial charge in [-0.3, -0.25) is 0 Å². The quantitative estimate of drug-likeness (QED) is 0.311. The molecule has 0 saturated carbocycles. The molecule has 6 rings (SSSR count). The van der Waals surface area contributed by atoms with Crippen LogP contribution in [-0.2, 0) is 19.3 Å². The average molecular weight is 448 g/mol. The van der Waals surface area contributed by atoms with Crippen molar-refractivity contribution < 1.29 is 15.3 Å². The minimum Gasteiger partial charge on any atom is -0.391 e. The molecule has 0 unspecified atom stereocenters. The number of aliphatic hydroxyl groups excluding tert-OH is 3. The fraction of sp³-hybridized carbons (Fsp3) is 0.333. The zero-order chi connectivity index (χ0) is 23.5. The summed E-state index contributed by atoms with van der Waals surface area (Å²) in [5.74, 6) is 0. The molecule has 33 heavy (non-hydrogen) atoms. The Balaban J connectivity index is 0.000000118. The van der Waals surface area contributed by atoms with Crippen LogP contribution >= 0.6 is 0 Å². The van der Waals surface area contributed by atoms with Gasteiger partial charge in [0.1, 0.15) is 0 Å². The average Bonchev–Trinajstić information content (AvgIpc) is 3.40. The van der Waals surface area contributed by atoms with E-state index in [-0.39, 0.29) is 36.4 Å². The van der Waals surface area contributed by atoms with E-state index < -0.39 is 0 Å². The van der Waals surface area contributed by atoms with Crippen LogP contribution in [0, 0.1) is 0 Å². The van der Waals surface area contributed by atoms with Crippen molar-refractivity contribution in [2.75, 3.05) is 0 Å². The standard InChI is InChI=1S/3C9H11NO/c3*10-9-7-4-2-1-3-6(7)5-8(9)11/h3*1-4,8-9,11H,5,10H2/t3*8-,9+/m100/s1. The molecular formula is C27H33N3O3. The molecule has 0 heterocycles. The first kappa shape index (κ1) is 23.6. The van der Waals surface area contributed by atoms with E-state index in [1.165, 1.54) is 16.7 Å². The van der Waals surface area contributed by atoms with E-state index in [0.29, 0.717) is 19.3 Å². The summed E-state index contributed by atoms with van der Waals surface area (Å²) in [7, 11) is 0. The van der Waals surface area contributed by atoms with Gasteiger partial charge in [-0.05, 0) is 33.4 Å². The van der Waals surface area contributed by atoms with Crippen LogP contribution in [0.15, 0.2) is 72.8 Å². The van der Waals surface area contributed by atoms with E-state index in [0.717, 1.165) is 16.7 Å². The van der Waals surface area contributed by atoms with Gasteiger partial charge in [0.05, 0.1) is 36.4 Å². The molecule has 0 fully saturated rings. The first-order chi connectivity index (χ1) is 15.9. The molecule has 3 aromatic rings. The zero-order valence-electron chi connectivity index (χ0n) is 18.6. The highest BCUT2D eigenvalue weighted by Crippen LogP contribution is 2.30. The maximum atomic E-state index is 9.39. The minimum absolute atomic E-state index is 0.175.